The molecule has 104 valence electrons. The number of rotatable bonds is 6. The number of nitro groups is 1. The number of aromatic nitrogens is 2. The third-order valence-corrected chi connectivity index (χ3v) is 2.80. The summed E-state index contributed by atoms with van der Waals surface area (Å²) in [5, 5.41) is 14.2. The minimum Gasteiger partial charge on any atom is -0.313 e. The summed E-state index contributed by atoms with van der Waals surface area (Å²) in [4.78, 5) is 19.0. The van der Waals surface area contributed by atoms with Gasteiger partial charge in [-0.25, -0.2) is 9.97 Å². The lowest BCUT2D eigenvalue weighted by molar-refractivity contribution is -0.384. The second-order valence-electron chi connectivity index (χ2n) is 4.37. The van der Waals surface area contributed by atoms with Gasteiger partial charge >= 0.3 is 0 Å². The van der Waals surface area contributed by atoms with E-state index in [4.69, 9.17) is 0 Å². The first-order valence-corrected chi connectivity index (χ1v) is 6.47. The first-order valence-electron chi connectivity index (χ1n) is 6.47. The third kappa shape index (κ3) is 3.36. The summed E-state index contributed by atoms with van der Waals surface area (Å²) < 4.78 is 0. The van der Waals surface area contributed by atoms with Crippen molar-refractivity contribution in [2.75, 3.05) is 6.54 Å². The maximum absolute atomic E-state index is 11.0. The molecule has 2 aromatic rings. The van der Waals surface area contributed by atoms with E-state index < -0.39 is 4.92 Å². The van der Waals surface area contributed by atoms with Crippen LogP contribution in [0.25, 0.3) is 11.4 Å². The molecule has 0 aliphatic heterocycles. The van der Waals surface area contributed by atoms with E-state index in [2.05, 4.69) is 22.2 Å². The van der Waals surface area contributed by atoms with Crippen LogP contribution in [-0.2, 0) is 6.54 Å². The van der Waals surface area contributed by atoms with Crippen molar-refractivity contribution in [1.82, 2.24) is 15.3 Å². The van der Waals surface area contributed by atoms with Crippen LogP contribution in [0.4, 0.5) is 5.69 Å². The summed E-state index contributed by atoms with van der Waals surface area (Å²) in [5.74, 6) is 0.372. The summed E-state index contributed by atoms with van der Waals surface area (Å²) in [5.41, 5.74) is 1.41. The van der Waals surface area contributed by atoms with Crippen molar-refractivity contribution in [3.05, 3.63) is 52.3 Å². The zero-order chi connectivity index (χ0) is 14.4. The molecule has 6 heteroatoms. The first-order chi connectivity index (χ1) is 9.72. The highest BCUT2D eigenvalue weighted by Crippen LogP contribution is 2.26. The van der Waals surface area contributed by atoms with Crippen LogP contribution in [0.2, 0.25) is 0 Å². The Bertz CT molecular complexity index is 584. The van der Waals surface area contributed by atoms with E-state index in [1.807, 2.05) is 0 Å². The molecular weight excluding hydrogens is 256 g/mol. The molecule has 1 aromatic carbocycles. The summed E-state index contributed by atoms with van der Waals surface area (Å²) in [7, 11) is 0. The van der Waals surface area contributed by atoms with Crippen LogP contribution in [0.3, 0.4) is 0 Å². The molecule has 0 amide bonds. The van der Waals surface area contributed by atoms with E-state index in [9.17, 15) is 10.1 Å². The molecule has 1 N–H and O–H groups in total. The van der Waals surface area contributed by atoms with Crippen LogP contribution in [-0.4, -0.2) is 21.4 Å². The van der Waals surface area contributed by atoms with Crippen molar-refractivity contribution in [2.24, 2.45) is 0 Å². The van der Waals surface area contributed by atoms with Gasteiger partial charge < -0.3 is 5.32 Å². The standard InChI is InChI=1S/C14H16N4O2/c1-2-7-15-8-11-9-16-14(17-10-11)12-5-3-4-6-13(12)18(19)20/h3-6,9-10,15H,2,7-8H2,1H3. The van der Waals surface area contributed by atoms with Gasteiger partial charge in [-0.15, -0.1) is 0 Å². The summed E-state index contributed by atoms with van der Waals surface area (Å²) in [6.07, 6.45) is 4.46. The molecular formula is C14H16N4O2. The Morgan fingerprint density at radius 2 is 1.95 bits per heavy atom. The van der Waals surface area contributed by atoms with Gasteiger partial charge in [0.1, 0.15) is 0 Å². The molecule has 20 heavy (non-hydrogen) atoms. The van der Waals surface area contributed by atoms with Gasteiger partial charge in [0.05, 0.1) is 10.5 Å². The van der Waals surface area contributed by atoms with Crippen molar-refractivity contribution in [2.45, 2.75) is 19.9 Å². The molecule has 0 radical (unpaired) electrons. The Balaban J connectivity index is 2.20. The third-order valence-electron chi connectivity index (χ3n) is 2.80. The molecule has 2 rings (SSSR count). The van der Waals surface area contributed by atoms with Gasteiger partial charge in [-0.1, -0.05) is 19.1 Å². The molecule has 1 aromatic heterocycles. The van der Waals surface area contributed by atoms with Crippen LogP contribution >= 0.6 is 0 Å². The lowest BCUT2D eigenvalue weighted by Gasteiger charge is -2.04. The lowest BCUT2D eigenvalue weighted by Crippen LogP contribution is -2.14. The second-order valence-corrected chi connectivity index (χ2v) is 4.37. The number of nitrogens with one attached hydrogen (secondary N) is 1. The Morgan fingerprint density at radius 1 is 1.25 bits per heavy atom. The molecule has 1 heterocycles. The molecule has 0 aliphatic rings. The molecule has 0 spiro atoms. The number of para-hydroxylation sites is 1. The topological polar surface area (TPSA) is 81.0 Å². The van der Waals surface area contributed by atoms with E-state index >= 15 is 0 Å². The van der Waals surface area contributed by atoms with E-state index in [0.717, 1.165) is 18.5 Å². The van der Waals surface area contributed by atoms with Crippen molar-refractivity contribution >= 4 is 5.69 Å². The molecule has 0 bridgehead atoms. The first kappa shape index (κ1) is 14.1. The van der Waals surface area contributed by atoms with Crippen LogP contribution in [0.1, 0.15) is 18.9 Å². The number of hydrogen-bond donors (Lipinski definition) is 1. The minimum atomic E-state index is -0.421. The molecule has 0 saturated carbocycles. The number of nitro benzene ring substituents is 1. The smallest absolute Gasteiger partial charge is 0.280 e. The summed E-state index contributed by atoms with van der Waals surface area (Å²) >= 11 is 0. The van der Waals surface area contributed by atoms with Crippen LogP contribution in [0.5, 0.6) is 0 Å². The predicted octanol–water partition coefficient (Wildman–Crippen LogP) is 2.55. The SMILES string of the molecule is CCCNCc1cnc(-c2ccccc2[N+](=O)[O-])nc1. The van der Waals surface area contributed by atoms with Crippen molar-refractivity contribution < 1.29 is 4.92 Å². The molecule has 0 saturated heterocycles. The Kier molecular flexibility index (Phi) is 4.73. The largest absolute Gasteiger partial charge is 0.313 e. The Hall–Kier alpha value is -2.34. The van der Waals surface area contributed by atoms with Crippen LogP contribution in [0.15, 0.2) is 36.7 Å². The summed E-state index contributed by atoms with van der Waals surface area (Å²) in [6.45, 7) is 3.73. The predicted molar refractivity (Wildman–Crippen MR) is 76.1 cm³/mol. The van der Waals surface area contributed by atoms with Crippen molar-refractivity contribution in [3.8, 4) is 11.4 Å². The minimum absolute atomic E-state index is 0.0179. The van der Waals surface area contributed by atoms with Crippen LogP contribution < -0.4 is 5.32 Å². The molecule has 0 fully saturated rings. The second kappa shape index (κ2) is 6.72. The van der Waals surface area contributed by atoms with Gasteiger partial charge in [-0.2, -0.15) is 0 Å². The van der Waals surface area contributed by atoms with E-state index in [0.29, 0.717) is 17.9 Å². The highest BCUT2D eigenvalue weighted by Gasteiger charge is 2.15. The van der Waals surface area contributed by atoms with Crippen LogP contribution in [0, 0.1) is 10.1 Å². The monoisotopic (exact) mass is 272 g/mol. The fourth-order valence-corrected chi connectivity index (χ4v) is 1.82. The molecule has 0 aliphatic carbocycles. The number of hydrogen-bond acceptors (Lipinski definition) is 5. The normalized spacial score (nSPS) is 10.4. The van der Waals surface area contributed by atoms with Crippen molar-refractivity contribution in [3.63, 3.8) is 0 Å². The van der Waals surface area contributed by atoms with Gasteiger partial charge in [0.2, 0.25) is 0 Å². The summed E-state index contributed by atoms with van der Waals surface area (Å²) in [6, 6.07) is 6.48. The van der Waals surface area contributed by atoms with Gasteiger partial charge in [0.25, 0.3) is 5.69 Å². The highest BCUT2D eigenvalue weighted by atomic mass is 16.6. The number of nitrogens with zero attached hydrogens (tertiary/aromatic N) is 3. The average molecular weight is 272 g/mol. The molecule has 0 atom stereocenters. The zero-order valence-electron chi connectivity index (χ0n) is 11.2. The van der Waals surface area contributed by atoms with Crippen molar-refractivity contribution in [1.29, 1.82) is 0 Å². The van der Waals surface area contributed by atoms with E-state index in [1.165, 1.54) is 6.07 Å². The lowest BCUT2D eigenvalue weighted by atomic mass is 10.1. The number of benzene rings is 1. The maximum Gasteiger partial charge on any atom is 0.280 e. The zero-order valence-corrected chi connectivity index (χ0v) is 11.2. The van der Waals surface area contributed by atoms with Gasteiger partial charge in [-0.3, -0.25) is 10.1 Å². The molecule has 6 nitrogen and oxygen atoms in total. The van der Waals surface area contributed by atoms with E-state index in [-0.39, 0.29) is 5.69 Å². The van der Waals surface area contributed by atoms with Gasteiger partial charge in [0, 0.05) is 30.6 Å². The Labute approximate surface area is 117 Å². The van der Waals surface area contributed by atoms with Gasteiger partial charge in [0.15, 0.2) is 5.82 Å². The molecule has 0 unspecified atom stereocenters. The quantitative estimate of drug-likeness (QED) is 0.496. The van der Waals surface area contributed by atoms with E-state index in [1.54, 1.807) is 30.6 Å². The Morgan fingerprint density at radius 3 is 2.60 bits per heavy atom. The average Bonchev–Trinajstić information content (AvgIpc) is 2.48. The fourth-order valence-electron chi connectivity index (χ4n) is 1.82. The fraction of sp³-hybridized carbons (Fsp3) is 0.286. The maximum atomic E-state index is 11.0. The highest BCUT2D eigenvalue weighted by molar-refractivity contribution is 5.67. The van der Waals surface area contributed by atoms with Gasteiger partial charge in [-0.05, 0) is 19.0 Å².